The number of fused-ring (bicyclic) bond motifs is 1. The zero-order valence-corrected chi connectivity index (χ0v) is 43.3. The molecule has 74 heavy (non-hydrogen) atoms. The fourth-order valence-electron chi connectivity index (χ4n) is 8.58. The van der Waals surface area contributed by atoms with Crippen LogP contribution in [0.25, 0.3) is 10.9 Å². The number of amides is 3. The van der Waals surface area contributed by atoms with Crippen molar-refractivity contribution in [2.75, 3.05) is 82.7 Å². The van der Waals surface area contributed by atoms with Gasteiger partial charge in [0.25, 0.3) is 0 Å². The molecule has 5 aromatic rings. The molecule has 1 saturated carbocycles. The highest BCUT2D eigenvalue weighted by Crippen LogP contribution is 2.38. The van der Waals surface area contributed by atoms with Crippen LogP contribution in [-0.4, -0.2) is 122 Å². The lowest BCUT2D eigenvalue weighted by molar-refractivity contribution is -0.117. The van der Waals surface area contributed by atoms with E-state index in [9.17, 15) is 19.2 Å². The normalized spacial score (nSPS) is 14.7. The Hall–Kier alpha value is -6.67. The van der Waals surface area contributed by atoms with Crippen LogP contribution >= 0.6 is 0 Å². The number of ether oxygens (including phenoxy) is 6. The van der Waals surface area contributed by atoms with E-state index < -0.39 is 23.6 Å². The maximum Gasteiger partial charge on any atom is 0.407 e. The van der Waals surface area contributed by atoms with Gasteiger partial charge in [0.1, 0.15) is 18.8 Å². The van der Waals surface area contributed by atoms with Crippen LogP contribution in [-0.2, 0) is 48.1 Å². The van der Waals surface area contributed by atoms with Crippen LogP contribution in [0.3, 0.4) is 0 Å². The molecule has 7 rings (SSSR count). The number of anilines is 2. The van der Waals surface area contributed by atoms with E-state index >= 15 is 4.39 Å². The van der Waals surface area contributed by atoms with Crippen LogP contribution in [0.2, 0.25) is 0 Å². The van der Waals surface area contributed by atoms with Gasteiger partial charge in [-0.2, -0.15) is 0 Å². The second-order valence-electron chi connectivity index (χ2n) is 19.6. The van der Waals surface area contributed by atoms with Gasteiger partial charge in [0.15, 0.2) is 17.0 Å². The van der Waals surface area contributed by atoms with Crippen LogP contribution in [0, 0.1) is 19.7 Å². The maximum atomic E-state index is 15.8. The topological polar surface area (TPSA) is 197 Å². The number of nitrogens with one attached hydrogen (secondary N) is 3. The Morgan fingerprint density at radius 1 is 0.797 bits per heavy atom. The van der Waals surface area contributed by atoms with Crippen molar-refractivity contribution in [2.45, 2.75) is 104 Å². The number of nitrogens with zero attached hydrogens (tertiary/aromatic N) is 5. The number of aryl methyl sites for hydroxylation is 2. The number of benzene rings is 2. The quantitative estimate of drug-likeness (QED) is 0.0455. The molecule has 3 amide bonds. The SMILES string of the molecule is Cc1ccc(N2CCC[C@H](N(Cc3ccnc(C)c3)Cc3cn(C4CC4)c4cc(OCCOC(=O)NCc5ccc(NC(=O)CCOCCOCCOCCNC(=O)OC(C)(C)C)cc5)c(F)cc4c3=O)C2)cn1. The highest BCUT2D eigenvalue weighted by Gasteiger charge is 2.30. The summed E-state index contributed by atoms with van der Waals surface area (Å²) in [5, 5.41) is 8.43. The molecule has 0 bridgehead atoms. The van der Waals surface area contributed by atoms with E-state index in [1.807, 2.05) is 44.6 Å². The number of halogens is 1. The molecular weight excluding hydrogens is 952 g/mol. The number of hydrogen-bond donors (Lipinski definition) is 3. The lowest BCUT2D eigenvalue weighted by atomic mass is 10.0. The molecular formula is C55H71FN8O10. The molecule has 1 atom stereocenters. The number of aromatic nitrogens is 3. The van der Waals surface area contributed by atoms with E-state index in [4.69, 9.17) is 28.4 Å². The van der Waals surface area contributed by atoms with Crippen molar-refractivity contribution < 1.29 is 47.2 Å². The Morgan fingerprint density at radius 3 is 2.27 bits per heavy atom. The monoisotopic (exact) mass is 1020 g/mol. The lowest BCUT2D eigenvalue weighted by Gasteiger charge is -2.40. The number of hydrogen-bond acceptors (Lipinski definition) is 14. The Kier molecular flexibility index (Phi) is 20.1. The number of rotatable bonds is 26. The summed E-state index contributed by atoms with van der Waals surface area (Å²) in [6.45, 7) is 14.3. The van der Waals surface area contributed by atoms with Gasteiger partial charge >= 0.3 is 12.2 Å². The van der Waals surface area contributed by atoms with Gasteiger partial charge in [0, 0.05) is 97.8 Å². The molecule has 398 valence electrons. The Balaban J connectivity index is 0.825. The van der Waals surface area contributed by atoms with Crippen LogP contribution in [0.4, 0.5) is 25.4 Å². The number of pyridine rings is 3. The summed E-state index contributed by atoms with van der Waals surface area (Å²) >= 11 is 0. The largest absolute Gasteiger partial charge is 0.487 e. The standard InChI is InChI=1S/C55H71FN8O10/c1-38-8-13-45(33-59-38)62-20-6-7-46(37-62)63(34-41-16-18-57-39(2)29-41)35-42-36-64(44-14-15-44)49-31-50(48(56)30-47(49)52(42)66)72-27-28-73-53(67)60-32-40-9-11-43(12-10-40)61-51(65)17-21-69-23-25-71-26-24-70-22-19-58-54(68)74-55(3,4)5/h8-13,16,18,29-31,33,36,44,46H,6-7,14-15,17,19-28,32,34-35,37H2,1-5H3,(H,58,68)(H,60,67)(H,61,65)/t46-/m0/s1. The van der Waals surface area contributed by atoms with Gasteiger partial charge in [-0.05, 0) is 114 Å². The van der Waals surface area contributed by atoms with Crippen LogP contribution < -0.4 is 31.0 Å². The number of piperidine rings is 1. The van der Waals surface area contributed by atoms with Crippen molar-refractivity contribution in [3.05, 3.63) is 123 Å². The van der Waals surface area contributed by atoms with Crippen molar-refractivity contribution >= 4 is 40.4 Å². The van der Waals surface area contributed by atoms with E-state index in [1.54, 1.807) is 51.1 Å². The molecule has 2 fully saturated rings. The van der Waals surface area contributed by atoms with Crippen molar-refractivity contribution in [1.29, 1.82) is 0 Å². The third-order valence-electron chi connectivity index (χ3n) is 12.4. The first-order chi connectivity index (χ1) is 35.7. The molecule has 0 unspecified atom stereocenters. The lowest BCUT2D eigenvalue weighted by Crippen LogP contribution is -2.48. The third-order valence-corrected chi connectivity index (χ3v) is 12.4. The van der Waals surface area contributed by atoms with Crippen molar-refractivity contribution in [2.24, 2.45) is 0 Å². The summed E-state index contributed by atoms with van der Waals surface area (Å²) in [5.41, 5.74) is 5.91. The third kappa shape index (κ3) is 17.5. The second kappa shape index (κ2) is 27.0. The zero-order valence-electron chi connectivity index (χ0n) is 43.3. The highest BCUT2D eigenvalue weighted by molar-refractivity contribution is 5.90. The highest BCUT2D eigenvalue weighted by atomic mass is 19.1. The zero-order chi connectivity index (χ0) is 52.5. The summed E-state index contributed by atoms with van der Waals surface area (Å²) in [6, 6.07) is 18.5. The first-order valence-corrected chi connectivity index (χ1v) is 25.5. The average molecular weight is 1020 g/mol. The van der Waals surface area contributed by atoms with E-state index in [2.05, 4.69) is 52.4 Å². The molecule has 0 spiro atoms. The van der Waals surface area contributed by atoms with Crippen LogP contribution in [0.5, 0.6) is 5.75 Å². The van der Waals surface area contributed by atoms with Crippen molar-refractivity contribution in [3.63, 3.8) is 0 Å². The molecule has 19 heteroatoms. The van der Waals surface area contributed by atoms with Crippen LogP contribution in [0.15, 0.2) is 84.0 Å². The molecule has 1 aliphatic carbocycles. The summed E-state index contributed by atoms with van der Waals surface area (Å²) in [7, 11) is 0. The average Bonchev–Trinajstić information content (AvgIpc) is 4.22. The maximum absolute atomic E-state index is 15.8. The van der Waals surface area contributed by atoms with E-state index in [0.29, 0.717) is 74.8 Å². The Labute approximate surface area is 432 Å². The summed E-state index contributed by atoms with van der Waals surface area (Å²) in [4.78, 5) is 64.6. The van der Waals surface area contributed by atoms with Crippen molar-refractivity contribution in [1.82, 2.24) is 30.1 Å². The van der Waals surface area contributed by atoms with Crippen molar-refractivity contribution in [3.8, 4) is 5.75 Å². The molecule has 1 saturated heterocycles. The summed E-state index contributed by atoms with van der Waals surface area (Å²) in [6.07, 6.45) is 8.56. The van der Waals surface area contributed by atoms with Gasteiger partial charge in [0.2, 0.25) is 5.91 Å². The molecule has 18 nitrogen and oxygen atoms in total. The Bertz CT molecular complexity index is 2690. The van der Waals surface area contributed by atoms with Gasteiger partial charge in [-0.3, -0.25) is 24.5 Å². The van der Waals surface area contributed by atoms with E-state index in [1.165, 1.54) is 6.07 Å². The fourth-order valence-corrected chi connectivity index (χ4v) is 8.58. The van der Waals surface area contributed by atoms with E-state index in [0.717, 1.165) is 67.0 Å². The minimum Gasteiger partial charge on any atom is -0.487 e. The molecule has 0 radical (unpaired) electrons. The minimum absolute atomic E-state index is 0.0296. The predicted molar refractivity (Wildman–Crippen MR) is 279 cm³/mol. The first kappa shape index (κ1) is 55.1. The number of alkyl carbamates (subject to hydrolysis) is 2. The number of carbonyl (C=O) groups excluding carboxylic acids is 3. The summed E-state index contributed by atoms with van der Waals surface area (Å²) in [5.74, 6) is -0.913. The molecule has 4 heterocycles. The number of carbonyl (C=O) groups is 3. The first-order valence-electron chi connectivity index (χ1n) is 25.5. The predicted octanol–water partition coefficient (Wildman–Crippen LogP) is 7.76. The van der Waals surface area contributed by atoms with Gasteiger partial charge in [-0.15, -0.1) is 0 Å². The molecule has 2 aliphatic rings. The van der Waals surface area contributed by atoms with E-state index in [-0.39, 0.29) is 62.0 Å². The molecule has 3 aromatic heterocycles. The van der Waals surface area contributed by atoms with Gasteiger partial charge in [0.05, 0.1) is 63.5 Å². The van der Waals surface area contributed by atoms with Gasteiger partial charge in [-0.1, -0.05) is 12.1 Å². The second-order valence-corrected chi connectivity index (χ2v) is 19.6. The van der Waals surface area contributed by atoms with Crippen LogP contribution in [0.1, 0.15) is 87.0 Å². The minimum atomic E-state index is -0.676. The Morgan fingerprint density at radius 2 is 1.55 bits per heavy atom. The summed E-state index contributed by atoms with van der Waals surface area (Å²) < 4.78 is 50.6. The van der Waals surface area contributed by atoms with Gasteiger partial charge in [-0.25, -0.2) is 14.0 Å². The molecule has 2 aromatic carbocycles. The molecule has 1 aliphatic heterocycles. The fraction of sp³-hybridized carbons (Fsp3) is 0.491. The molecule has 3 N–H and O–H groups in total. The van der Waals surface area contributed by atoms with Gasteiger partial charge < -0.3 is 53.8 Å². The smallest absolute Gasteiger partial charge is 0.407 e.